The van der Waals surface area contributed by atoms with E-state index in [0.29, 0.717) is 16.9 Å². The second-order valence-electron chi connectivity index (χ2n) is 6.36. The van der Waals surface area contributed by atoms with Crippen LogP contribution in [0.2, 0.25) is 0 Å². The zero-order valence-electron chi connectivity index (χ0n) is 15.0. The summed E-state index contributed by atoms with van der Waals surface area (Å²) in [6.07, 6.45) is 2.28. The zero-order chi connectivity index (χ0) is 16.6. The average Bonchev–Trinajstić information content (AvgIpc) is 2.49. The van der Waals surface area contributed by atoms with E-state index >= 15 is 0 Å². The van der Waals surface area contributed by atoms with Crippen LogP contribution < -0.4 is 20.1 Å². The molecule has 2 N–H and O–H groups in total. The van der Waals surface area contributed by atoms with Gasteiger partial charge in [0.05, 0.1) is 14.2 Å². The van der Waals surface area contributed by atoms with Crippen molar-refractivity contribution in [2.75, 3.05) is 33.1 Å². The van der Waals surface area contributed by atoms with Crippen LogP contribution in [0.5, 0.6) is 11.5 Å². The Balaban J connectivity index is 0.00000484. The molecule has 0 aliphatic heterocycles. The Hall–Kier alpha value is -1.18. The second kappa shape index (κ2) is 10.6. The van der Waals surface area contributed by atoms with Gasteiger partial charge in [0.15, 0.2) is 17.5 Å². The Bertz CT molecular complexity index is 499. The molecule has 0 amide bonds. The molecular formula is C17H30IN3O2. The van der Waals surface area contributed by atoms with Gasteiger partial charge < -0.3 is 20.1 Å². The van der Waals surface area contributed by atoms with Crippen molar-refractivity contribution >= 4 is 35.6 Å². The highest BCUT2D eigenvalue weighted by molar-refractivity contribution is 14.0. The Morgan fingerprint density at radius 3 is 2.30 bits per heavy atom. The molecule has 6 heteroatoms. The van der Waals surface area contributed by atoms with Gasteiger partial charge in [-0.3, -0.25) is 4.99 Å². The number of methoxy groups -OCH3 is 2. The molecule has 0 radical (unpaired) electrons. The molecular weight excluding hydrogens is 405 g/mol. The molecule has 132 valence electrons. The summed E-state index contributed by atoms with van der Waals surface area (Å²) >= 11 is 0. The predicted octanol–water partition coefficient (Wildman–Crippen LogP) is 4.14. The predicted molar refractivity (Wildman–Crippen MR) is 109 cm³/mol. The number of benzene rings is 1. The highest BCUT2D eigenvalue weighted by atomic mass is 127. The van der Waals surface area contributed by atoms with Crippen molar-refractivity contribution < 1.29 is 9.47 Å². The summed E-state index contributed by atoms with van der Waals surface area (Å²) in [5.41, 5.74) is 1.27. The maximum atomic E-state index is 5.30. The third-order valence-electron chi connectivity index (χ3n) is 3.27. The number of guanidine groups is 1. The lowest BCUT2D eigenvalue weighted by Gasteiger charge is -2.18. The maximum absolute atomic E-state index is 5.30. The normalized spacial score (nSPS) is 11.5. The topological polar surface area (TPSA) is 54.9 Å². The van der Waals surface area contributed by atoms with Gasteiger partial charge in [0.25, 0.3) is 0 Å². The van der Waals surface area contributed by atoms with Crippen LogP contribution in [0.15, 0.2) is 23.2 Å². The number of aliphatic imine (C=N–C) groups is 1. The summed E-state index contributed by atoms with van der Waals surface area (Å²) in [5, 5.41) is 6.58. The van der Waals surface area contributed by atoms with E-state index in [1.54, 1.807) is 21.3 Å². The highest BCUT2D eigenvalue weighted by Crippen LogP contribution is 2.29. The number of nitrogens with zero attached hydrogens (tertiary/aromatic N) is 1. The lowest BCUT2D eigenvalue weighted by molar-refractivity contribution is 0.355. The van der Waals surface area contributed by atoms with Crippen molar-refractivity contribution in [2.45, 2.75) is 33.6 Å². The molecule has 23 heavy (non-hydrogen) atoms. The summed E-state index contributed by atoms with van der Waals surface area (Å²) in [6, 6.07) is 5.69. The maximum Gasteiger partial charge on any atom is 0.195 e. The lowest BCUT2D eigenvalue weighted by Crippen LogP contribution is -2.31. The first-order valence-electron chi connectivity index (χ1n) is 7.59. The first-order valence-corrected chi connectivity index (χ1v) is 7.59. The molecule has 1 rings (SSSR count). The van der Waals surface area contributed by atoms with Crippen molar-refractivity contribution in [3.8, 4) is 11.5 Å². The van der Waals surface area contributed by atoms with E-state index in [0.717, 1.165) is 24.6 Å². The summed E-state index contributed by atoms with van der Waals surface area (Å²) in [5.74, 6) is 2.15. The minimum atomic E-state index is 0. The van der Waals surface area contributed by atoms with Gasteiger partial charge in [0, 0.05) is 25.3 Å². The van der Waals surface area contributed by atoms with Gasteiger partial charge in [-0.05, 0) is 30.4 Å². The minimum absolute atomic E-state index is 0. The standard InChI is InChI=1S/C17H29N3O2.HI/c1-17(2,3)10-7-11-19-16(18-4)20-13-8-9-14(21-5)15(12-13)22-6;/h8-9,12H,7,10-11H2,1-6H3,(H2,18,19,20);1H. The molecule has 1 aromatic carbocycles. The molecule has 0 bridgehead atoms. The molecule has 0 aliphatic carbocycles. The summed E-state index contributed by atoms with van der Waals surface area (Å²) in [4.78, 5) is 4.24. The first-order chi connectivity index (χ1) is 10.4. The van der Waals surface area contributed by atoms with Crippen LogP contribution in [-0.4, -0.2) is 33.8 Å². The summed E-state index contributed by atoms with van der Waals surface area (Å²) in [6.45, 7) is 7.65. The van der Waals surface area contributed by atoms with Gasteiger partial charge in [0.1, 0.15) is 0 Å². The number of halogens is 1. The van der Waals surface area contributed by atoms with E-state index in [4.69, 9.17) is 9.47 Å². The van der Waals surface area contributed by atoms with Crippen LogP contribution in [-0.2, 0) is 0 Å². The fraction of sp³-hybridized carbons (Fsp3) is 0.588. The van der Waals surface area contributed by atoms with Crippen LogP contribution in [0.25, 0.3) is 0 Å². The van der Waals surface area contributed by atoms with Crippen molar-refractivity contribution in [2.24, 2.45) is 10.4 Å². The molecule has 0 spiro atoms. The molecule has 0 heterocycles. The van der Waals surface area contributed by atoms with Gasteiger partial charge in [-0.25, -0.2) is 0 Å². The average molecular weight is 435 g/mol. The monoisotopic (exact) mass is 435 g/mol. The first kappa shape index (κ1) is 21.8. The largest absolute Gasteiger partial charge is 0.493 e. The molecule has 0 aromatic heterocycles. The van der Waals surface area contributed by atoms with Crippen molar-refractivity contribution in [3.63, 3.8) is 0 Å². The van der Waals surface area contributed by atoms with Crippen LogP contribution in [0.3, 0.4) is 0 Å². The van der Waals surface area contributed by atoms with E-state index < -0.39 is 0 Å². The Kier molecular flexibility index (Phi) is 10.0. The third kappa shape index (κ3) is 8.29. The molecule has 0 saturated heterocycles. The van der Waals surface area contributed by atoms with Gasteiger partial charge in [0.2, 0.25) is 0 Å². The SMILES string of the molecule is CN=C(NCCCC(C)(C)C)Nc1ccc(OC)c(OC)c1.I. The Morgan fingerprint density at radius 1 is 1.13 bits per heavy atom. The number of nitrogens with one attached hydrogen (secondary N) is 2. The van der Waals surface area contributed by atoms with Gasteiger partial charge in [-0.1, -0.05) is 20.8 Å². The van der Waals surface area contributed by atoms with E-state index in [-0.39, 0.29) is 24.0 Å². The third-order valence-corrected chi connectivity index (χ3v) is 3.27. The van der Waals surface area contributed by atoms with E-state index in [2.05, 4.69) is 36.4 Å². The van der Waals surface area contributed by atoms with Gasteiger partial charge >= 0.3 is 0 Å². The van der Waals surface area contributed by atoms with Crippen LogP contribution in [0.1, 0.15) is 33.6 Å². The molecule has 0 aliphatic rings. The van der Waals surface area contributed by atoms with Crippen LogP contribution >= 0.6 is 24.0 Å². The van der Waals surface area contributed by atoms with Crippen molar-refractivity contribution in [1.82, 2.24) is 5.32 Å². The Labute approximate surface area is 157 Å². The Morgan fingerprint density at radius 2 is 1.78 bits per heavy atom. The van der Waals surface area contributed by atoms with E-state index in [1.165, 1.54) is 6.42 Å². The summed E-state index contributed by atoms with van der Waals surface area (Å²) in [7, 11) is 5.02. The second-order valence-corrected chi connectivity index (χ2v) is 6.36. The van der Waals surface area contributed by atoms with Gasteiger partial charge in [-0.2, -0.15) is 0 Å². The van der Waals surface area contributed by atoms with E-state index in [9.17, 15) is 0 Å². The highest BCUT2D eigenvalue weighted by Gasteiger charge is 2.09. The van der Waals surface area contributed by atoms with Crippen LogP contribution in [0.4, 0.5) is 5.69 Å². The summed E-state index contributed by atoms with van der Waals surface area (Å²) < 4.78 is 10.5. The van der Waals surface area contributed by atoms with E-state index in [1.807, 2.05) is 18.2 Å². The molecule has 5 nitrogen and oxygen atoms in total. The van der Waals surface area contributed by atoms with Crippen molar-refractivity contribution in [1.29, 1.82) is 0 Å². The molecule has 0 fully saturated rings. The smallest absolute Gasteiger partial charge is 0.195 e. The number of hydrogen-bond acceptors (Lipinski definition) is 3. The van der Waals surface area contributed by atoms with Gasteiger partial charge in [-0.15, -0.1) is 24.0 Å². The lowest BCUT2D eigenvalue weighted by atomic mass is 9.91. The quantitative estimate of drug-likeness (QED) is 0.305. The molecule has 0 saturated carbocycles. The fourth-order valence-corrected chi connectivity index (χ4v) is 2.06. The molecule has 0 atom stereocenters. The number of hydrogen-bond donors (Lipinski definition) is 2. The number of anilines is 1. The number of rotatable bonds is 6. The molecule has 0 unspecified atom stereocenters. The van der Waals surface area contributed by atoms with Crippen LogP contribution in [0, 0.1) is 5.41 Å². The minimum Gasteiger partial charge on any atom is -0.493 e. The molecule has 1 aromatic rings. The van der Waals surface area contributed by atoms with Crippen molar-refractivity contribution in [3.05, 3.63) is 18.2 Å². The number of ether oxygens (including phenoxy) is 2. The zero-order valence-corrected chi connectivity index (χ0v) is 17.4. The fourth-order valence-electron chi connectivity index (χ4n) is 2.06.